The molecule has 2 N–H and O–H groups in total. The van der Waals surface area contributed by atoms with Crippen LogP contribution in [0, 0.1) is 6.92 Å². The van der Waals surface area contributed by atoms with Crippen molar-refractivity contribution in [1.82, 2.24) is 5.16 Å². The van der Waals surface area contributed by atoms with E-state index in [1.165, 1.54) is 0 Å². The first-order valence-corrected chi connectivity index (χ1v) is 6.32. The molecule has 0 fully saturated rings. The lowest BCUT2D eigenvalue weighted by Gasteiger charge is -2.04. The van der Waals surface area contributed by atoms with Crippen LogP contribution < -0.4 is 5.48 Å². The number of rotatable bonds is 3. The van der Waals surface area contributed by atoms with Gasteiger partial charge in [-0.25, -0.2) is 0 Å². The van der Waals surface area contributed by atoms with Crippen LogP contribution in [0.3, 0.4) is 0 Å². The third-order valence-corrected chi connectivity index (χ3v) is 3.21. The molecule has 2 aromatic carbocycles. The molecule has 0 aliphatic carbocycles. The third-order valence-electron chi connectivity index (χ3n) is 3.21. The summed E-state index contributed by atoms with van der Waals surface area (Å²) < 4.78 is 5.35. The number of benzene rings is 2. The summed E-state index contributed by atoms with van der Waals surface area (Å²) in [7, 11) is 0. The van der Waals surface area contributed by atoms with Crippen LogP contribution in [0.15, 0.2) is 59.1 Å². The molecule has 0 atom stereocenters. The summed E-state index contributed by atoms with van der Waals surface area (Å²) in [5.41, 5.74) is 6.58. The molecular weight excluding hydrogens is 252 g/mol. The standard InChI is InChI=1S/C16H14N2O2/c1-11-15(12-7-9-14(17-19)10-8-12)16(18-20-11)13-5-3-2-4-6-13/h2-10,17,19H,1H3. The predicted molar refractivity (Wildman–Crippen MR) is 77.5 cm³/mol. The SMILES string of the molecule is Cc1onc(-c2ccccc2)c1-c1ccc(NO)cc1. The van der Waals surface area contributed by atoms with Crippen molar-refractivity contribution in [1.29, 1.82) is 0 Å². The van der Waals surface area contributed by atoms with E-state index in [0.717, 1.165) is 28.1 Å². The number of hydrogen-bond acceptors (Lipinski definition) is 4. The van der Waals surface area contributed by atoms with E-state index in [9.17, 15) is 0 Å². The van der Waals surface area contributed by atoms with Crippen LogP contribution in [0.5, 0.6) is 0 Å². The maximum absolute atomic E-state index is 8.87. The second-order valence-electron chi connectivity index (χ2n) is 4.52. The zero-order chi connectivity index (χ0) is 13.9. The Hall–Kier alpha value is -2.59. The molecule has 4 heteroatoms. The fraction of sp³-hybridized carbons (Fsp3) is 0.0625. The van der Waals surface area contributed by atoms with Gasteiger partial charge in [0.05, 0.1) is 11.3 Å². The highest BCUT2D eigenvalue weighted by Crippen LogP contribution is 2.34. The number of aromatic nitrogens is 1. The first kappa shape index (κ1) is 12.4. The largest absolute Gasteiger partial charge is 0.360 e. The molecule has 20 heavy (non-hydrogen) atoms. The average molecular weight is 266 g/mol. The summed E-state index contributed by atoms with van der Waals surface area (Å²) in [5.74, 6) is 0.772. The summed E-state index contributed by atoms with van der Waals surface area (Å²) >= 11 is 0. The molecule has 1 aromatic heterocycles. The molecule has 0 aliphatic heterocycles. The zero-order valence-electron chi connectivity index (χ0n) is 11.0. The van der Waals surface area contributed by atoms with Gasteiger partial charge < -0.3 is 4.52 Å². The molecule has 0 radical (unpaired) electrons. The minimum Gasteiger partial charge on any atom is -0.360 e. The van der Waals surface area contributed by atoms with Crippen LogP contribution in [-0.4, -0.2) is 10.4 Å². The number of hydrogen-bond donors (Lipinski definition) is 2. The first-order chi connectivity index (χ1) is 9.79. The normalized spacial score (nSPS) is 10.5. The van der Waals surface area contributed by atoms with Gasteiger partial charge >= 0.3 is 0 Å². The van der Waals surface area contributed by atoms with Crippen molar-refractivity contribution in [2.45, 2.75) is 6.92 Å². The molecule has 1 heterocycles. The first-order valence-electron chi connectivity index (χ1n) is 6.32. The van der Waals surface area contributed by atoms with E-state index in [0.29, 0.717) is 5.69 Å². The van der Waals surface area contributed by atoms with Gasteiger partial charge in [-0.1, -0.05) is 47.6 Å². The minimum absolute atomic E-state index is 0.643. The Bertz CT molecular complexity index is 703. The van der Waals surface area contributed by atoms with Gasteiger partial charge in [0.15, 0.2) is 0 Å². The lowest BCUT2D eigenvalue weighted by Crippen LogP contribution is -1.89. The fourth-order valence-electron chi connectivity index (χ4n) is 2.22. The topological polar surface area (TPSA) is 58.3 Å². The van der Waals surface area contributed by atoms with Crippen molar-refractivity contribution in [3.05, 3.63) is 60.4 Å². The Kier molecular flexibility index (Phi) is 3.23. The van der Waals surface area contributed by atoms with E-state index in [-0.39, 0.29) is 0 Å². The van der Waals surface area contributed by atoms with Crippen molar-refractivity contribution < 1.29 is 9.73 Å². The smallest absolute Gasteiger partial charge is 0.142 e. The minimum atomic E-state index is 0.643. The van der Waals surface area contributed by atoms with Crippen LogP contribution in [0.1, 0.15) is 5.76 Å². The second-order valence-corrected chi connectivity index (χ2v) is 4.52. The number of nitrogens with zero attached hydrogens (tertiary/aromatic N) is 1. The third kappa shape index (κ3) is 2.17. The van der Waals surface area contributed by atoms with E-state index >= 15 is 0 Å². The second kappa shape index (κ2) is 5.19. The molecule has 0 amide bonds. The summed E-state index contributed by atoms with van der Waals surface area (Å²) in [5, 5.41) is 13.0. The van der Waals surface area contributed by atoms with Gasteiger partial charge in [0.1, 0.15) is 11.5 Å². The van der Waals surface area contributed by atoms with Gasteiger partial charge in [0, 0.05) is 5.56 Å². The van der Waals surface area contributed by atoms with Crippen molar-refractivity contribution in [3.8, 4) is 22.4 Å². The van der Waals surface area contributed by atoms with Crippen molar-refractivity contribution >= 4 is 5.69 Å². The molecule has 0 unspecified atom stereocenters. The Morgan fingerprint density at radius 2 is 1.65 bits per heavy atom. The zero-order valence-corrected chi connectivity index (χ0v) is 11.0. The number of nitrogens with one attached hydrogen (secondary N) is 1. The molecular formula is C16H14N2O2. The molecule has 0 saturated carbocycles. The molecule has 0 spiro atoms. The highest BCUT2D eigenvalue weighted by Gasteiger charge is 2.16. The summed E-state index contributed by atoms with van der Waals surface area (Å²) in [6.45, 7) is 1.90. The molecule has 0 aliphatic rings. The predicted octanol–water partition coefficient (Wildman–Crippen LogP) is 4.12. The fourth-order valence-corrected chi connectivity index (χ4v) is 2.22. The number of aryl methyl sites for hydroxylation is 1. The van der Waals surface area contributed by atoms with Crippen LogP contribution >= 0.6 is 0 Å². The van der Waals surface area contributed by atoms with Gasteiger partial charge in [-0.3, -0.25) is 10.7 Å². The van der Waals surface area contributed by atoms with Gasteiger partial charge in [-0.05, 0) is 24.6 Å². The lowest BCUT2D eigenvalue weighted by atomic mass is 9.99. The van der Waals surface area contributed by atoms with E-state index < -0.39 is 0 Å². The molecule has 0 bridgehead atoms. The Morgan fingerprint density at radius 3 is 2.30 bits per heavy atom. The average Bonchev–Trinajstić information content (AvgIpc) is 2.90. The van der Waals surface area contributed by atoms with Crippen molar-refractivity contribution in [2.24, 2.45) is 0 Å². The maximum atomic E-state index is 8.87. The Balaban J connectivity index is 2.11. The van der Waals surface area contributed by atoms with E-state index in [1.807, 2.05) is 49.4 Å². The van der Waals surface area contributed by atoms with Gasteiger partial charge in [0.25, 0.3) is 0 Å². The van der Waals surface area contributed by atoms with Gasteiger partial charge in [0.2, 0.25) is 0 Å². The Morgan fingerprint density at radius 1 is 0.950 bits per heavy atom. The van der Waals surface area contributed by atoms with Crippen LogP contribution in [-0.2, 0) is 0 Å². The molecule has 0 saturated heterocycles. The number of anilines is 1. The highest BCUT2D eigenvalue weighted by molar-refractivity contribution is 5.82. The van der Waals surface area contributed by atoms with Crippen molar-refractivity contribution in [2.75, 3.05) is 5.48 Å². The molecule has 100 valence electrons. The maximum Gasteiger partial charge on any atom is 0.142 e. The lowest BCUT2D eigenvalue weighted by molar-refractivity contribution is 0.389. The highest BCUT2D eigenvalue weighted by atomic mass is 16.5. The summed E-state index contributed by atoms with van der Waals surface area (Å²) in [6.07, 6.45) is 0. The van der Waals surface area contributed by atoms with Crippen LogP contribution in [0.2, 0.25) is 0 Å². The van der Waals surface area contributed by atoms with E-state index in [4.69, 9.17) is 9.73 Å². The van der Waals surface area contributed by atoms with E-state index in [2.05, 4.69) is 10.6 Å². The van der Waals surface area contributed by atoms with Gasteiger partial charge in [-0.2, -0.15) is 0 Å². The quantitative estimate of drug-likeness (QED) is 0.700. The molecule has 3 aromatic rings. The summed E-state index contributed by atoms with van der Waals surface area (Å²) in [6, 6.07) is 17.4. The molecule has 4 nitrogen and oxygen atoms in total. The van der Waals surface area contributed by atoms with Crippen LogP contribution in [0.4, 0.5) is 5.69 Å². The van der Waals surface area contributed by atoms with E-state index in [1.54, 1.807) is 12.1 Å². The molecule has 3 rings (SSSR count). The van der Waals surface area contributed by atoms with Gasteiger partial charge in [-0.15, -0.1) is 0 Å². The summed E-state index contributed by atoms with van der Waals surface area (Å²) in [4.78, 5) is 0. The monoisotopic (exact) mass is 266 g/mol. The Labute approximate surface area is 116 Å². The van der Waals surface area contributed by atoms with Crippen LogP contribution in [0.25, 0.3) is 22.4 Å². The van der Waals surface area contributed by atoms with Crippen molar-refractivity contribution in [3.63, 3.8) is 0 Å².